The first-order chi connectivity index (χ1) is 10.3. The van der Waals surface area contributed by atoms with Crippen molar-refractivity contribution in [2.24, 2.45) is 0 Å². The first-order valence-electron chi connectivity index (χ1n) is 7.21. The lowest BCUT2D eigenvalue weighted by atomic mass is 10.1. The van der Waals surface area contributed by atoms with E-state index in [9.17, 15) is 0 Å². The van der Waals surface area contributed by atoms with Crippen molar-refractivity contribution in [3.05, 3.63) is 29.3 Å². The molecule has 6 heteroatoms. The Morgan fingerprint density at radius 1 is 1.00 bits per heavy atom. The Kier molecular flexibility index (Phi) is 4.20. The lowest BCUT2D eigenvalue weighted by Gasteiger charge is -2.26. The topological polar surface area (TPSA) is 53.9 Å². The molecule has 0 aliphatic carbocycles. The quantitative estimate of drug-likeness (QED) is 0.943. The van der Waals surface area contributed by atoms with Crippen LogP contribution in [0.1, 0.15) is 19.3 Å². The molecule has 0 bridgehead atoms. The molecule has 1 aromatic heterocycles. The predicted octanol–water partition coefficient (Wildman–Crippen LogP) is 3.22. The van der Waals surface area contributed by atoms with Gasteiger partial charge in [0, 0.05) is 30.7 Å². The van der Waals surface area contributed by atoms with Crippen molar-refractivity contribution in [2.75, 3.05) is 30.4 Å². The summed E-state index contributed by atoms with van der Waals surface area (Å²) in [4.78, 5) is 15.8. The van der Waals surface area contributed by atoms with E-state index in [1.54, 1.807) is 0 Å². The van der Waals surface area contributed by atoms with E-state index in [-0.39, 0.29) is 0 Å². The number of hydrogen-bond donors (Lipinski definition) is 1. The van der Waals surface area contributed by atoms with Crippen molar-refractivity contribution in [1.82, 2.24) is 15.0 Å². The van der Waals surface area contributed by atoms with E-state index >= 15 is 0 Å². The van der Waals surface area contributed by atoms with Gasteiger partial charge < -0.3 is 10.2 Å². The number of rotatable bonds is 3. The molecule has 1 saturated heterocycles. The molecule has 0 amide bonds. The van der Waals surface area contributed by atoms with Crippen LogP contribution in [0.2, 0.25) is 5.02 Å². The van der Waals surface area contributed by atoms with Gasteiger partial charge in [-0.3, -0.25) is 0 Å². The number of hydrogen-bond acceptors (Lipinski definition) is 5. The third kappa shape index (κ3) is 3.24. The van der Waals surface area contributed by atoms with Gasteiger partial charge in [-0.05, 0) is 43.5 Å². The van der Waals surface area contributed by atoms with Gasteiger partial charge in [0.2, 0.25) is 11.9 Å². The summed E-state index contributed by atoms with van der Waals surface area (Å²) in [5.74, 6) is 2.01. The number of halogens is 1. The summed E-state index contributed by atoms with van der Waals surface area (Å²) < 4.78 is 0. The highest BCUT2D eigenvalue weighted by Gasteiger charge is 2.16. The third-order valence-corrected chi connectivity index (χ3v) is 3.84. The smallest absolute Gasteiger partial charge is 0.230 e. The molecule has 0 spiro atoms. The van der Waals surface area contributed by atoms with Gasteiger partial charge in [-0.15, -0.1) is 0 Å². The highest BCUT2D eigenvalue weighted by Crippen LogP contribution is 2.23. The molecule has 110 valence electrons. The fourth-order valence-electron chi connectivity index (χ4n) is 2.44. The molecule has 2 aromatic rings. The number of nitrogens with one attached hydrogen (secondary N) is 1. The average molecular weight is 304 g/mol. The van der Waals surface area contributed by atoms with Crippen molar-refractivity contribution < 1.29 is 0 Å². The van der Waals surface area contributed by atoms with Crippen LogP contribution in [0.25, 0.3) is 11.4 Å². The maximum absolute atomic E-state index is 5.94. The molecule has 2 heterocycles. The van der Waals surface area contributed by atoms with Crippen LogP contribution in [0.5, 0.6) is 0 Å². The van der Waals surface area contributed by atoms with Crippen LogP contribution in [-0.2, 0) is 0 Å². The Labute approximate surface area is 129 Å². The van der Waals surface area contributed by atoms with E-state index in [0.717, 1.165) is 24.6 Å². The zero-order valence-corrected chi connectivity index (χ0v) is 12.8. The lowest BCUT2D eigenvalue weighted by molar-refractivity contribution is 0.568. The van der Waals surface area contributed by atoms with Crippen molar-refractivity contribution in [3.63, 3.8) is 0 Å². The van der Waals surface area contributed by atoms with Crippen LogP contribution < -0.4 is 10.2 Å². The van der Waals surface area contributed by atoms with Gasteiger partial charge in [0.15, 0.2) is 5.82 Å². The van der Waals surface area contributed by atoms with Crippen LogP contribution in [0.15, 0.2) is 24.3 Å². The summed E-state index contributed by atoms with van der Waals surface area (Å²) in [5, 5.41) is 3.72. The molecule has 1 fully saturated rings. The number of piperidine rings is 1. The molecule has 3 rings (SSSR count). The van der Waals surface area contributed by atoms with E-state index < -0.39 is 0 Å². The van der Waals surface area contributed by atoms with Gasteiger partial charge in [0.05, 0.1) is 0 Å². The average Bonchev–Trinajstić information content (AvgIpc) is 2.56. The van der Waals surface area contributed by atoms with Gasteiger partial charge in [-0.25, -0.2) is 0 Å². The van der Waals surface area contributed by atoms with Gasteiger partial charge in [-0.1, -0.05) is 11.6 Å². The van der Waals surface area contributed by atoms with Crippen LogP contribution in [-0.4, -0.2) is 35.1 Å². The molecule has 1 aliphatic heterocycles. The molecule has 1 aromatic carbocycles. The summed E-state index contributed by atoms with van der Waals surface area (Å²) in [5.41, 5.74) is 0.941. The fourth-order valence-corrected chi connectivity index (χ4v) is 2.57. The minimum atomic E-state index is 0.593. The third-order valence-electron chi connectivity index (χ3n) is 3.59. The standard InChI is InChI=1S/C15H18ClN5/c1-17-14-18-13(11-5-7-12(16)8-6-11)19-15(20-14)21-9-3-2-4-10-21/h5-8H,2-4,9-10H2,1H3,(H,17,18,19,20). The summed E-state index contributed by atoms with van der Waals surface area (Å²) in [6.45, 7) is 2.01. The highest BCUT2D eigenvalue weighted by atomic mass is 35.5. The second kappa shape index (κ2) is 6.26. The molecule has 1 aliphatic rings. The SMILES string of the molecule is CNc1nc(-c2ccc(Cl)cc2)nc(N2CCCCC2)n1. The van der Waals surface area contributed by atoms with E-state index in [2.05, 4.69) is 25.2 Å². The van der Waals surface area contributed by atoms with E-state index in [4.69, 9.17) is 11.6 Å². The second-order valence-corrected chi connectivity index (χ2v) is 5.52. The van der Waals surface area contributed by atoms with Crippen LogP contribution in [0.4, 0.5) is 11.9 Å². The minimum Gasteiger partial charge on any atom is -0.357 e. The molecule has 0 radical (unpaired) electrons. The highest BCUT2D eigenvalue weighted by molar-refractivity contribution is 6.30. The molecule has 5 nitrogen and oxygen atoms in total. The normalized spacial score (nSPS) is 15.0. The van der Waals surface area contributed by atoms with Crippen molar-refractivity contribution in [3.8, 4) is 11.4 Å². The van der Waals surface area contributed by atoms with Gasteiger partial charge >= 0.3 is 0 Å². The summed E-state index contributed by atoms with van der Waals surface area (Å²) >= 11 is 5.94. The van der Waals surface area contributed by atoms with E-state index in [1.165, 1.54) is 19.3 Å². The number of benzene rings is 1. The summed E-state index contributed by atoms with van der Waals surface area (Å²) in [7, 11) is 1.82. The van der Waals surface area contributed by atoms with Gasteiger partial charge in [0.25, 0.3) is 0 Å². The largest absolute Gasteiger partial charge is 0.357 e. The second-order valence-electron chi connectivity index (χ2n) is 5.09. The Morgan fingerprint density at radius 3 is 2.38 bits per heavy atom. The minimum absolute atomic E-state index is 0.593. The zero-order valence-electron chi connectivity index (χ0n) is 12.0. The van der Waals surface area contributed by atoms with E-state index in [0.29, 0.717) is 16.8 Å². The monoisotopic (exact) mass is 303 g/mol. The Balaban J connectivity index is 1.98. The molecule has 1 N–H and O–H groups in total. The molecule has 0 atom stereocenters. The number of anilines is 2. The number of aromatic nitrogens is 3. The van der Waals surface area contributed by atoms with Crippen LogP contribution >= 0.6 is 11.6 Å². The van der Waals surface area contributed by atoms with Crippen LogP contribution in [0.3, 0.4) is 0 Å². The van der Waals surface area contributed by atoms with Gasteiger partial charge in [-0.2, -0.15) is 15.0 Å². The summed E-state index contributed by atoms with van der Waals surface area (Å²) in [6.07, 6.45) is 3.66. The maximum atomic E-state index is 5.94. The maximum Gasteiger partial charge on any atom is 0.230 e. The Morgan fingerprint density at radius 2 is 1.71 bits per heavy atom. The van der Waals surface area contributed by atoms with Crippen LogP contribution in [0, 0.1) is 0 Å². The zero-order chi connectivity index (χ0) is 14.7. The molecular weight excluding hydrogens is 286 g/mol. The molecular formula is C15H18ClN5. The lowest BCUT2D eigenvalue weighted by Crippen LogP contribution is -2.31. The Hall–Kier alpha value is -1.88. The summed E-state index contributed by atoms with van der Waals surface area (Å²) in [6, 6.07) is 7.55. The predicted molar refractivity (Wildman–Crippen MR) is 85.9 cm³/mol. The van der Waals surface area contributed by atoms with Gasteiger partial charge in [0.1, 0.15) is 0 Å². The molecule has 0 saturated carbocycles. The number of nitrogens with zero attached hydrogens (tertiary/aromatic N) is 4. The first kappa shape index (κ1) is 14.1. The first-order valence-corrected chi connectivity index (χ1v) is 7.59. The fraction of sp³-hybridized carbons (Fsp3) is 0.400. The van der Waals surface area contributed by atoms with Crippen molar-refractivity contribution in [1.29, 1.82) is 0 Å². The van der Waals surface area contributed by atoms with E-state index in [1.807, 2.05) is 31.3 Å². The molecule has 0 unspecified atom stereocenters. The Bertz CT molecular complexity index is 608. The molecule has 21 heavy (non-hydrogen) atoms. The van der Waals surface area contributed by atoms with Crippen molar-refractivity contribution >= 4 is 23.5 Å². The van der Waals surface area contributed by atoms with Crippen molar-refractivity contribution in [2.45, 2.75) is 19.3 Å².